The number of rotatable bonds is 7. The number of halogens is 1. The minimum absolute atomic E-state index is 0.0628. The zero-order valence-electron chi connectivity index (χ0n) is 18.9. The lowest BCUT2D eigenvalue weighted by Gasteiger charge is -2.19. The van der Waals surface area contributed by atoms with Gasteiger partial charge in [-0.15, -0.1) is 0 Å². The molecular formula is C27H26ClN3O3. The molecule has 34 heavy (non-hydrogen) atoms. The highest BCUT2D eigenvalue weighted by atomic mass is 35.5. The number of fused-ring (bicyclic) bond motifs is 1. The van der Waals surface area contributed by atoms with Gasteiger partial charge in [-0.05, 0) is 55.0 Å². The summed E-state index contributed by atoms with van der Waals surface area (Å²) in [5.41, 5.74) is 3.60. The van der Waals surface area contributed by atoms with E-state index in [2.05, 4.69) is 0 Å². The molecule has 1 N–H and O–H groups in total. The van der Waals surface area contributed by atoms with Crippen molar-refractivity contribution in [3.05, 3.63) is 89.2 Å². The van der Waals surface area contributed by atoms with Gasteiger partial charge in [0, 0.05) is 29.6 Å². The number of carbonyl (C=O) groups excluding carboxylic acids is 1. The molecule has 1 aliphatic heterocycles. The predicted molar refractivity (Wildman–Crippen MR) is 134 cm³/mol. The first-order valence-electron chi connectivity index (χ1n) is 11.4. The maximum atomic E-state index is 12.8. The van der Waals surface area contributed by atoms with Crippen molar-refractivity contribution in [3.8, 4) is 5.75 Å². The van der Waals surface area contributed by atoms with Gasteiger partial charge in [0.15, 0.2) is 0 Å². The van der Waals surface area contributed by atoms with Crippen molar-refractivity contribution >= 4 is 34.2 Å². The second-order valence-corrected chi connectivity index (χ2v) is 9.09. The average molecular weight is 476 g/mol. The number of aliphatic hydroxyl groups is 1. The molecule has 1 aliphatic rings. The number of carbonyl (C=O) groups is 1. The Labute approximate surface area is 203 Å². The Morgan fingerprint density at radius 2 is 1.88 bits per heavy atom. The number of anilines is 1. The number of hydrogen-bond donors (Lipinski definition) is 1. The molecule has 2 atom stereocenters. The number of imidazole rings is 1. The van der Waals surface area contributed by atoms with Crippen molar-refractivity contribution in [2.75, 3.05) is 18.1 Å². The summed E-state index contributed by atoms with van der Waals surface area (Å²) >= 11 is 6.09. The Morgan fingerprint density at radius 1 is 1.12 bits per heavy atom. The summed E-state index contributed by atoms with van der Waals surface area (Å²) in [5, 5.41) is 11.5. The Balaban J connectivity index is 1.37. The lowest BCUT2D eigenvalue weighted by molar-refractivity contribution is -0.117. The zero-order chi connectivity index (χ0) is 23.7. The van der Waals surface area contributed by atoms with Crippen LogP contribution in [-0.2, 0) is 11.3 Å². The first-order chi connectivity index (χ1) is 16.5. The number of nitrogens with zero attached hydrogens (tertiary/aromatic N) is 3. The van der Waals surface area contributed by atoms with E-state index in [1.165, 1.54) is 0 Å². The number of para-hydroxylation sites is 3. The molecule has 0 bridgehead atoms. The molecule has 0 radical (unpaired) electrons. The van der Waals surface area contributed by atoms with Gasteiger partial charge in [-0.3, -0.25) is 4.79 Å². The number of aromatic nitrogens is 2. The van der Waals surface area contributed by atoms with E-state index >= 15 is 0 Å². The van der Waals surface area contributed by atoms with Crippen LogP contribution in [0.15, 0.2) is 72.8 Å². The molecule has 0 spiro atoms. The van der Waals surface area contributed by atoms with Crippen molar-refractivity contribution in [2.24, 2.45) is 0 Å². The molecule has 7 heteroatoms. The third kappa shape index (κ3) is 4.52. The molecule has 0 aliphatic carbocycles. The zero-order valence-corrected chi connectivity index (χ0v) is 19.7. The molecule has 1 aromatic heterocycles. The highest BCUT2D eigenvalue weighted by molar-refractivity contribution is 6.31. The molecule has 1 fully saturated rings. The topological polar surface area (TPSA) is 67.6 Å². The van der Waals surface area contributed by atoms with E-state index in [4.69, 9.17) is 21.3 Å². The lowest BCUT2D eigenvalue weighted by atomic mass is 10.1. The van der Waals surface area contributed by atoms with Gasteiger partial charge in [0.05, 0.1) is 17.6 Å². The SMILES string of the molecule is Cc1cc(OC[C@@H](O)Cn2c([C@@H]3CC(=O)N(c4ccccc4)C3)nc3ccccc32)ccc1Cl. The fraction of sp³-hybridized carbons (Fsp3) is 0.259. The van der Waals surface area contributed by atoms with Crippen LogP contribution in [0.4, 0.5) is 5.69 Å². The van der Waals surface area contributed by atoms with Gasteiger partial charge in [0.1, 0.15) is 24.3 Å². The largest absolute Gasteiger partial charge is 0.491 e. The van der Waals surface area contributed by atoms with E-state index in [1.54, 1.807) is 12.1 Å². The van der Waals surface area contributed by atoms with Gasteiger partial charge in [0.25, 0.3) is 0 Å². The molecule has 1 saturated heterocycles. The normalized spacial score (nSPS) is 16.9. The quantitative estimate of drug-likeness (QED) is 0.410. The minimum atomic E-state index is -0.755. The number of aliphatic hydroxyl groups excluding tert-OH is 1. The van der Waals surface area contributed by atoms with Gasteiger partial charge in [-0.1, -0.05) is 41.9 Å². The van der Waals surface area contributed by atoms with Crippen LogP contribution < -0.4 is 9.64 Å². The molecule has 0 saturated carbocycles. The molecule has 5 rings (SSSR count). The van der Waals surface area contributed by atoms with E-state index in [-0.39, 0.29) is 18.4 Å². The standard InChI is InChI=1S/C27H26ClN3O3/c1-18-13-22(11-12-23(18)28)34-17-21(32)16-31-25-10-6-5-9-24(25)29-27(31)19-14-26(33)30(15-19)20-7-3-2-4-8-20/h2-13,19,21,32H,14-17H2,1H3/t19-,21+/m1/s1. The van der Waals surface area contributed by atoms with Crippen LogP contribution >= 0.6 is 11.6 Å². The van der Waals surface area contributed by atoms with Gasteiger partial charge in [0.2, 0.25) is 5.91 Å². The third-order valence-corrected chi connectivity index (χ3v) is 6.63. The fourth-order valence-corrected chi connectivity index (χ4v) is 4.62. The van der Waals surface area contributed by atoms with Crippen molar-refractivity contribution in [2.45, 2.75) is 31.9 Å². The van der Waals surface area contributed by atoms with E-state index in [9.17, 15) is 9.90 Å². The molecule has 4 aromatic rings. The summed E-state index contributed by atoms with van der Waals surface area (Å²) in [6.45, 7) is 2.92. The lowest BCUT2D eigenvalue weighted by Crippen LogP contribution is -2.26. The molecule has 6 nitrogen and oxygen atoms in total. The average Bonchev–Trinajstić information content (AvgIpc) is 3.41. The van der Waals surface area contributed by atoms with Crippen LogP contribution in [0.2, 0.25) is 5.02 Å². The van der Waals surface area contributed by atoms with Gasteiger partial charge in [-0.25, -0.2) is 4.98 Å². The number of hydrogen-bond acceptors (Lipinski definition) is 4. The molecular weight excluding hydrogens is 450 g/mol. The van der Waals surface area contributed by atoms with Crippen LogP contribution in [-0.4, -0.2) is 39.8 Å². The van der Waals surface area contributed by atoms with E-state index in [0.717, 1.165) is 28.1 Å². The second kappa shape index (κ2) is 9.49. The number of ether oxygens (including phenoxy) is 1. The number of aryl methyl sites for hydroxylation is 1. The van der Waals surface area contributed by atoms with Crippen molar-refractivity contribution in [1.29, 1.82) is 0 Å². The summed E-state index contributed by atoms with van der Waals surface area (Å²) in [6, 6.07) is 23.0. The van der Waals surface area contributed by atoms with Crippen LogP contribution in [0, 0.1) is 6.92 Å². The van der Waals surface area contributed by atoms with Crippen LogP contribution in [0.3, 0.4) is 0 Å². The number of benzene rings is 3. The smallest absolute Gasteiger partial charge is 0.227 e. The van der Waals surface area contributed by atoms with Crippen molar-refractivity contribution in [3.63, 3.8) is 0 Å². The van der Waals surface area contributed by atoms with Gasteiger partial charge < -0.3 is 19.3 Å². The third-order valence-electron chi connectivity index (χ3n) is 6.21. The molecule has 0 unspecified atom stereocenters. The van der Waals surface area contributed by atoms with Gasteiger partial charge >= 0.3 is 0 Å². The Hall–Kier alpha value is -3.35. The summed E-state index contributed by atoms with van der Waals surface area (Å²) in [5.74, 6) is 1.50. The van der Waals surface area contributed by atoms with Crippen LogP contribution in [0.5, 0.6) is 5.75 Å². The van der Waals surface area contributed by atoms with E-state index in [1.807, 2.05) is 77.1 Å². The number of amides is 1. The van der Waals surface area contributed by atoms with E-state index in [0.29, 0.717) is 30.3 Å². The Bertz CT molecular complexity index is 1320. The molecule has 1 amide bonds. The maximum Gasteiger partial charge on any atom is 0.227 e. The summed E-state index contributed by atoms with van der Waals surface area (Å²) in [7, 11) is 0. The van der Waals surface area contributed by atoms with E-state index < -0.39 is 6.10 Å². The molecule has 174 valence electrons. The predicted octanol–water partition coefficient (Wildman–Crippen LogP) is 4.96. The first-order valence-corrected chi connectivity index (χ1v) is 11.7. The fourth-order valence-electron chi connectivity index (χ4n) is 4.50. The van der Waals surface area contributed by atoms with Gasteiger partial charge in [-0.2, -0.15) is 0 Å². The van der Waals surface area contributed by atoms with Crippen LogP contribution in [0.1, 0.15) is 23.7 Å². The Kier molecular flexibility index (Phi) is 6.26. The summed E-state index contributed by atoms with van der Waals surface area (Å²) < 4.78 is 7.85. The summed E-state index contributed by atoms with van der Waals surface area (Å²) in [6.07, 6.45) is -0.371. The highest BCUT2D eigenvalue weighted by Gasteiger charge is 2.35. The van der Waals surface area contributed by atoms with Crippen molar-refractivity contribution < 1.29 is 14.6 Å². The first kappa shape index (κ1) is 22.4. The minimum Gasteiger partial charge on any atom is -0.491 e. The molecule has 2 heterocycles. The monoisotopic (exact) mass is 475 g/mol. The molecule has 3 aromatic carbocycles. The second-order valence-electron chi connectivity index (χ2n) is 8.69. The summed E-state index contributed by atoms with van der Waals surface area (Å²) in [4.78, 5) is 19.5. The highest BCUT2D eigenvalue weighted by Crippen LogP contribution is 2.33. The Morgan fingerprint density at radius 3 is 2.68 bits per heavy atom. The maximum absolute atomic E-state index is 12.8. The van der Waals surface area contributed by atoms with Crippen molar-refractivity contribution in [1.82, 2.24) is 9.55 Å². The van der Waals surface area contributed by atoms with Crippen LogP contribution in [0.25, 0.3) is 11.0 Å².